The summed E-state index contributed by atoms with van der Waals surface area (Å²) in [5.74, 6) is 0.0748. The first-order valence-corrected chi connectivity index (χ1v) is 8.16. The SMILES string of the molecule is CCOc1ccccc1NC(=O)c1cc2c(=O)c3ccccc3oc2o1. The van der Waals surface area contributed by atoms with E-state index in [2.05, 4.69) is 5.32 Å². The van der Waals surface area contributed by atoms with Crippen LogP contribution in [0, 0.1) is 0 Å². The molecule has 0 saturated carbocycles. The van der Waals surface area contributed by atoms with Crippen LogP contribution in [0.5, 0.6) is 5.75 Å². The molecule has 0 saturated heterocycles. The van der Waals surface area contributed by atoms with E-state index in [1.807, 2.05) is 13.0 Å². The van der Waals surface area contributed by atoms with Crippen molar-refractivity contribution in [3.05, 3.63) is 70.6 Å². The van der Waals surface area contributed by atoms with Gasteiger partial charge < -0.3 is 18.9 Å². The van der Waals surface area contributed by atoms with Gasteiger partial charge in [0.1, 0.15) is 16.7 Å². The van der Waals surface area contributed by atoms with E-state index in [9.17, 15) is 9.59 Å². The third-order valence-corrected chi connectivity index (χ3v) is 3.94. The lowest BCUT2D eigenvalue weighted by Gasteiger charge is -2.09. The van der Waals surface area contributed by atoms with Crippen LogP contribution in [-0.4, -0.2) is 12.5 Å². The predicted octanol–water partition coefficient (Wildman–Crippen LogP) is 4.19. The number of carbonyl (C=O) groups is 1. The molecule has 6 nitrogen and oxygen atoms in total. The van der Waals surface area contributed by atoms with Crippen LogP contribution in [0.1, 0.15) is 17.5 Å². The molecule has 1 amide bonds. The fraction of sp³-hybridized carbons (Fsp3) is 0.100. The zero-order valence-electron chi connectivity index (χ0n) is 13.9. The minimum atomic E-state index is -0.494. The second-order valence-corrected chi connectivity index (χ2v) is 5.62. The first-order valence-electron chi connectivity index (χ1n) is 8.16. The second-order valence-electron chi connectivity index (χ2n) is 5.62. The van der Waals surface area contributed by atoms with Gasteiger partial charge in [-0.15, -0.1) is 0 Å². The van der Waals surface area contributed by atoms with Crippen molar-refractivity contribution in [2.45, 2.75) is 6.92 Å². The van der Waals surface area contributed by atoms with Gasteiger partial charge in [0.2, 0.25) is 5.43 Å². The first kappa shape index (κ1) is 16.0. The zero-order chi connectivity index (χ0) is 18.1. The Morgan fingerprint density at radius 1 is 1.04 bits per heavy atom. The molecule has 0 unspecified atom stereocenters. The van der Waals surface area contributed by atoms with Crippen LogP contribution in [-0.2, 0) is 0 Å². The third-order valence-electron chi connectivity index (χ3n) is 3.94. The molecule has 6 heteroatoms. The van der Waals surface area contributed by atoms with Crippen molar-refractivity contribution < 1.29 is 18.4 Å². The fourth-order valence-corrected chi connectivity index (χ4v) is 2.74. The number of furan rings is 1. The maximum Gasteiger partial charge on any atom is 0.302 e. The molecule has 1 N–H and O–H groups in total. The highest BCUT2D eigenvalue weighted by Crippen LogP contribution is 2.26. The molecule has 0 spiro atoms. The summed E-state index contributed by atoms with van der Waals surface area (Å²) in [5, 5.41) is 3.40. The smallest absolute Gasteiger partial charge is 0.302 e. The van der Waals surface area contributed by atoms with E-state index < -0.39 is 5.91 Å². The fourth-order valence-electron chi connectivity index (χ4n) is 2.74. The molecule has 0 aliphatic heterocycles. The molecule has 0 fully saturated rings. The van der Waals surface area contributed by atoms with E-state index in [4.69, 9.17) is 13.6 Å². The first-order chi connectivity index (χ1) is 12.7. The summed E-state index contributed by atoms with van der Waals surface area (Å²) in [6.07, 6.45) is 0. The van der Waals surface area contributed by atoms with Crippen LogP contribution in [0.15, 0.2) is 68.2 Å². The minimum Gasteiger partial charge on any atom is -0.492 e. The van der Waals surface area contributed by atoms with Crippen LogP contribution in [0.3, 0.4) is 0 Å². The van der Waals surface area contributed by atoms with Crippen molar-refractivity contribution in [1.82, 2.24) is 0 Å². The van der Waals surface area contributed by atoms with Gasteiger partial charge in [-0.3, -0.25) is 9.59 Å². The molecule has 2 aromatic heterocycles. The molecule has 4 rings (SSSR count). The Balaban J connectivity index is 1.73. The monoisotopic (exact) mass is 349 g/mol. The minimum absolute atomic E-state index is 0.0116. The van der Waals surface area contributed by atoms with Crippen molar-refractivity contribution in [3.8, 4) is 5.75 Å². The maximum atomic E-state index is 12.5. The highest BCUT2D eigenvalue weighted by molar-refractivity contribution is 6.05. The Labute approximate surface area is 148 Å². The number of hydrogen-bond acceptors (Lipinski definition) is 5. The van der Waals surface area contributed by atoms with Crippen LogP contribution >= 0.6 is 0 Å². The second kappa shape index (κ2) is 6.40. The average molecular weight is 349 g/mol. The number of benzene rings is 2. The summed E-state index contributed by atoms with van der Waals surface area (Å²) in [4.78, 5) is 25.1. The molecule has 0 aliphatic carbocycles. The molecule has 4 aromatic rings. The molecule has 26 heavy (non-hydrogen) atoms. The molecule has 2 aromatic carbocycles. The van der Waals surface area contributed by atoms with Gasteiger partial charge in [0.25, 0.3) is 5.91 Å². The summed E-state index contributed by atoms with van der Waals surface area (Å²) in [7, 11) is 0. The molecule has 0 atom stereocenters. The number of ether oxygens (including phenoxy) is 1. The predicted molar refractivity (Wildman–Crippen MR) is 97.8 cm³/mol. The summed E-state index contributed by atoms with van der Waals surface area (Å²) in [6, 6.07) is 15.3. The van der Waals surface area contributed by atoms with Crippen molar-refractivity contribution in [1.29, 1.82) is 0 Å². The van der Waals surface area contributed by atoms with E-state index in [-0.39, 0.29) is 22.4 Å². The van der Waals surface area contributed by atoms with Gasteiger partial charge in [0, 0.05) is 6.07 Å². The number of nitrogens with one attached hydrogen (secondary N) is 1. The van der Waals surface area contributed by atoms with Gasteiger partial charge in [-0.2, -0.15) is 0 Å². The lowest BCUT2D eigenvalue weighted by molar-refractivity contribution is 0.0996. The topological polar surface area (TPSA) is 81.7 Å². The van der Waals surface area contributed by atoms with Crippen molar-refractivity contribution in [3.63, 3.8) is 0 Å². The van der Waals surface area contributed by atoms with Crippen molar-refractivity contribution in [2.24, 2.45) is 0 Å². The standard InChI is InChI=1S/C20H15NO5/c1-2-24-16-10-6-4-8-14(16)21-19(23)17-11-13-18(22)12-7-3-5-9-15(12)25-20(13)26-17/h3-11H,2H2,1H3,(H,21,23). The number of hydrogen-bond donors (Lipinski definition) is 1. The van der Waals surface area contributed by atoms with E-state index in [0.717, 1.165) is 0 Å². The molecule has 2 heterocycles. The van der Waals surface area contributed by atoms with Gasteiger partial charge in [0.15, 0.2) is 5.76 Å². The Kier molecular flexibility index (Phi) is 3.93. The summed E-state index contributed by atoms with van der Waals surface area (Å²) in [6.45, 7) is 2.34. The number of anilines is 1. The lowest BCUT2D eigenvalue weighted by Crippen LogP contribution is -2.12. The van der Waals surface area contributed by atoms with Gasteiger partial charge in [-0.1, -0.05) is 24.3 Å². The third kappa shape index (κ3) is 2.71. The Bertz CT molecular complexity index is 1170. The van der Waals surface area contributed by atoms with Crippen molar-refractivity contribution in [2.75, 3.05) is 11.9 Å². The zero-order valence-corrected chi connectivity index (χ0v) is 13.9. The van der Waals surface area contributed by atoms with Gasteiger partial charge in [-0.25, -0.2) is 0 Å². The van der Waals surface area contributed by atoms with Crippen LogP contribution in [0.25, 0.3) is 22.1 Å². The Morgan fingerprint density at radius 2 is 1.81 bits per heavy atom. The van der Waals surface area contributed by atoms with Gasteiger partial charge in [0.05, 0.1) is 17.7 Å². The van der Waals surface area contributed by atoms with Crippen LogP contribution < -0.4 is 15.5 Å². The highest BCUT2D eigenvalue weighted by atomic mass is 16.5. The molecule has 130 valence electrons. The maximum absolute atomic E-state index is 12.5. The van der Waals surface area contributed by atoms with Crippen LogP contribution in [0.4, 0.5) is 5.69 Å². The average Bonchev–Trinajstić information content (AvgIpc) is 3.08. The summed E-state index contributed by atoms with van der Waals surface area (Å²) in [5.41, 5.74) is 0.691. The van der Waals surface area contributed by atoms with Gasteiger partial charge >= 0.3 is 5.78 Å². The number of amides is 1. The number of para-hydroxylation sites is 3. The molecule has 0 radical (unpaired) electrons. The molecular formula is C20H15NO5. The van der Waals surface area contributed by atoms with Crippen LogP contribution in [0.2, 0.25) is 0 Å². The summed E-state index contributed by atoms with van der Waals surface area (Å²) < 4.78 is 16.6. The van der Waals surface area contributed by atoms with Crippen molar-refractivity contribution >= 4 is 33.7 Å². The highest BCUT2D eigenvalue weighted by Gasteiger charge is 2.18. The molecular weight excluding hydrogens is 334 g/mol. The largest absolute Gasteiger partial charge is 0.492 e. The quantitative estimate of drug-likeness (QED) is 0.597. The van der Waals surface area contributed by atoms with E-state index >= 15 is 0 Å². The van der Waals surface area contributed by atoms with E-state index in [1.165, 1.54) is 6.07 Å². The number of carbonyl (C=O) groups excluding carboxylic acids is 1. The van der Waals surface area contributed by atoms with E-state index in [0.29, 0.717) is 29.0 Å². The Hall–Kier alpha value is -3.54. The number of fused-ring (bicyclic) bond motifs is 2. The van der Waals surface area contributed by atoms with E-state index in [1.54, 1.807) is 42.5 Å². The molecule has 0 bridgehead atoms. The molecule has 0 aliphatic rings. The normalized spacial score (nSPS) is 11.0. The summed E-state index contributed by atoms with van der Waals surface area (Å²) >= 11 is 0. The van der Waals surface area contributed by atoms with Gasteiger partial charge in [-0.05, 0) is 31.2 Å². The lowest BCUT2D eigenvalue weighted by atomic mass is 10.2. The number of rotatable bonds is 4. The Morgan fingerprint density at radius 3 is 2.65 bits per heavy atom.